The summed E-state index contributed by atoms with van der Waals surface area (Å²) in [5.74, 6) is -2.02. The molecule has 9 heteroatoms. The second kappa shape index (κ2) is 6.19. The van der Waals surface area contributed by atoms with Gasteiger partial charge in [-0.3, -0.25) is 0 Å². The highest BCUT2D eigenvalue weighted by Gasteiger charge is 2.45. The first-order valence-corrected chi connectivity index (χ1v) is 6.47. The fourth-order valence-electron chi connectivity index (χ4n) is 1.83. The van der Waals surface area contributed by atoms with Gasteiger partial charge < -0.3 is 19.5 Å². The topological polar surface area (TPSA) is 73.9 Å². The van der Waals surface area contributed by atoms with Gasteiger partial charge in [0, 0.05) is 11.8 Å². The van der Waals surface area contributed by atoms with Crippen molar-refractivity contribution in [1.82, 2.24) is 0 Å². The van der Waals surface area contributed by atoms with Crippen molar-refractivity contribution >= 4 is 17.6 Å². The van der Waals surface area contributed by atoms with E-state index in [-0.39, 0.29) is 12.3 Å². The molecule has 2 rings (SSSR count). The lowest BCUT2D eigenvalue weighted by molar-refractivity contribution is -0.274. The molecule has 1 aromatic rings. The maximum absolute atomic E-state index is 12.1. The van der Waals surface area contributed by atoms with Crippen LogP contribution in [0.3, 0.4) is 0 Å². The Kier molecular flexibility index (Phi) is 4.48. The monoisotopic (exact) mass is 331 g/mol. The molecule has 1 heterocycles. The SMILES string of the molecule is CCOC(=O)C1(Nc2ccc(OC(F)(F)F)cc2)C=CC(=O)O1. The van der Waals surface area contributed by atoms with Crippen molar-refractivity contribution in [3.63, 3.8) is 0 Å². The van der Waals surface area contributed by atoms with E-state index in [4.69, 9.17) is 9.47 Å². The molecule has 1 aliphatic heterocycles. The number of hydrogen-bond acceptors (Lipinski definition) is 6. The van der Waals surface area contributed by atoms with E-state index in [2.05, 4.69) is 10.1 Å². The molecule has 0 amide bonds. The number of anilines is 1. The normalized spacial score (nSPS) is 20.1. The molecule has 1 aliphatic rings. The number of alkyl halides is 3. The van der Waals surface area contributed by atoms with Gasteiger partial charge in [0.25, 0.3) is 0 Å². The van der Waals surface area contributed by atoms with Crippen LogP contribution in [0.25, 0.3) is 0 Å². The second-order valence-corrected chi connectivity index (χ2v) is 4.41. The number of ether oxygens (including phenoxy) is 3. The van der Waals surface area contributed by atoms with Crippen LogP contribution in [-0.2, 0) is 19.1 Å². The number of carbonyl (C=O) groups excluding carboxylic acids is 2. The van der Waals surface area contributed by atoms with E-state index in [1.54, 1.807) is 6.92 Å². The van der Waals surface area contributed by atoms with Gasteiger partial charge in [0.05, 0.1) is 6.61 Å². The lowest BCUT2D eigenvalue weighted by Gasteiger charge is -2.26. The Morgan fingerprint density at radius 2 is 1.96 bits per heavy atom. The Labute approximate surface area is 128 Å². The van der Waals surface area contributed by atoms with Crippen molar-refractivity contribution < 1.29 is 37.0 Å². The van der Waals surface area contributed by atoms with Crippen molar-refractivity contribution in [2.45, 2.75) is 19.0 Å². The summed E-state index contributed by atoms with van der Waals surface area (Å²) in [4.78, 5) is 23.3. The fraction of sp³-hybridized carbons (Fsp3) is 0.286. The van der Waals surface area contributed by atoms with E-state index >= 15 is 0 Å². The molecule has 1 N–H and O–H groups in total. The maximum atomic E-state index is 12.1. The molecular weight excluding hydrogens is 319 g/mol. The summed E-state index contributed by atoms with van der Waals surface area (Å²) in [7, 11) is 0. The third kappa shape index (κ3) is 4.15. The first kappa shape index (κ1) is 16.7. The average molecular weight is 331 g/mol. The van der Waals surface area contributed by atoms with Gasteiger partial charge >= 0.3 is 24.0 Å². The maximum Gasteiger partial charge on any atom is 0.573 e. The molecule has 1 unspecified atom stereocenters. The van der Waals surface area contributed by atoms with E-state index in [1.807, 2.05) is 0 Å². The molecule has 0 aromatic heterocycles. The summed E-state index contributed by atoms with van der Waals surface area (Å²) < 4.78 is 49.8. The summed E-state index contributed by atoms with van der Waals surface area (Å²) in [6.07, 6.45) is -2.58. The molecule has 0 radical (unpaired) electrons. The summed E-state index contributed by atoms with van der Waals surface area (Å²) in [5, 5.41) is 2.62. The Morgan fingerprint density at radius 1 is 1.30 bits per heavy atom. The minimum absolute atomic E-state index is 0.0615. The molecule has 0 saturated heterocycles. The van der Waals surface area contributed by atoms with E-state index in [1.165, 1.54) is 18.2 Å². The zero-order valence-corrected chi connectivity index (χ0v) is 11.8. The van der Waals surface area contributed by atoms with E-state index < -0.39 is 29.8 Å². The zero-order valence-electron chi connectivity index (χ0n) is 11.8. The Hall–Kier alpha value is -2.71. The van der Waals surface area contributed by atoms with Crippen LogP contribution in [0, 0.1) is 0 Å². The lowest BCUT2D eigenvalue weighted by atomic mass is 10.2. The summed E-state index contributed by atoms with van der Waals surface area (Å²) in [6, 6.07) is 4.58. The summed E-state index contributed by atoms with van der Waals surface area (Å²) in [6.45, 7) is 1.64. The van der Waals surface area contributed by atoms with Gasteiger partial charge in [-0.15, -0.1) is 13.2 Å². The van der Waals surface area contributed by atoms with Crippen molar-refractivity contribution in [3.05, 3.63) is 36.4 Å². The average Bonchev–Trinajstić information content (AvgIpc) is 2.82. The zero-order chi connectivity index (χ0) is 17.1. The molecule has 1 atom stereocenters. The Bertz CT molecular complexity index is 626. The van der Waals surface area contributed by atoms with E-state index in [0.717, 1.165) is 18.2 Å². The van der Waals surface area contributed by atoms with Gasteiger partial charge in [-0.05, 0) is 37.3 Å². The van der Waals surface area contributed by atoms with Crippen LogP contribution in [0.2, 0.25) is 0 Å². The predicted octanol–water partition coefficient (Wildman–Crippen LogP) is 2.37. The van der Waals surface area contributed by atoms with Gasteiger partial charge in [0.2, 0.25) is 0 Å². The largest absolute Gasteiger partial charge is 0.573 e. The van der Waals surface area contributed by atoms with Crippen LogP contribution in [0.5, 0.6) is 5.75 Å². The highest BCUT2D eigenvalue weighted by Crippen LogP contribution is 2.28. The second-order valence-electron chi connectivity index (χ2n) is 4.41. The van der Waals surface area contributed by atoms with Gasteiger partial charge in [-0.2, -0.15) is 0 Å². The minimum atomic E-state index is -4.80. The van der Waals surface area contributed by atoms with Crippen LogP contribution in [0.1, 0.15) is 6.92 Å². The number of carbonyl (C=O) groups is 2. The molecule has 124 valence electrons. The Balaban J connectivity index is 2.16. The number of esters is 2. The van der Waals surface area contributed by atoms with Gasteiger partial charge in [-0.25, -0.2) is 9.59 Å². The molecule has 0 aliphatic carbocycles. The van der Waals surface area contributed by atoms with Crippen LogP contribution >= 0.6 is 0 Å². The molecular formula is C14H12F3NO5. The third-order valence-corrected chi connectivity index (χ3v) is 2.71. The highest BCUT2D eigenvalue weighted by atomic mass is 19.4. The van der Waals surface area contributed by atoms with Gasteiger partial charge in [-0.1, -0.05) is 0 Å². The van der Waals surface area contributed by atoms with Crippen molar-refractivity contribution in [2.75, 3.05) is 11.9 Å². The van der Waals surface area contributed by atoms with Crippen LogP contribution < -0.4 is 10.1 Å². The predicted molar refractivity (Wildman–Crippen MR) is 71.3 cm³/mol. The molecule has 6 nitrogen and oxygen atoms in total. The van der Waals surface area contributed by atoms with E-state index in [9.17, 15) is 22.8 Å². The standard InChI is InChI=1S/C14H12F3NO5/c1-2-21-12(20)13(8-7-11(19)23-13)18-9-3-5-10(6-4-9)22-14(15,16)17/h3-8,18H,2H2,1H3. The lowest BCUT2D eigenvalue weighted by Crippen LogP contribution is -2.47. The molecule has 1 aromatic carbocycles. The van der Waals surface area contributed by atoms with Crippen molar-refractivity contribution in [3.8, 4) is 5.75 Å². The smallest absolute Gasteiger partial charge is 0.461 e. The Morgan fingerprint density at radius 3 is 2.43 bits per heavy atom. The molecule has 0 bridgehead atoms. The fourth-order valence-corrected chi connectivity index (χ4v) is 1.83. The first-order valence-electron chi connectivity index (χ1n) is 6.47. The highest BCUT2D eigenvalue weighted by molar-refractivity contribution is 5.96. The number of halogens is 3. The number of cyclic esters (lactones) is 1. The molecule has 0 spiro atoms. The van der Waals surface area contributed by atoms with Crippen molar-refractivity contribution in [2.24, 2.45) is 0 Å². The number of nitrogens with one attached hydrogen (secondary N) is 1. The van der Waals surface area contributed by atoms with Crippen LogP contribution in [0.15, 0.2) is 36.4 Å². The number of rotatable bonds is 5. The molecule has 0 fully saturated rings. The number of hydrogen-bond donors (Lipinski definition) is 1. The van der Waals surface area contributed by atoms with Crippen molar-refractivity contribution in [1.29, 1.82) is 0 Å². The minimum Gasteiger partial charge on any atom is -0.461 e. The third-order valence-electron chi connectivity index (χ3n) is 2.71. The quantitative estimate of drug-likeness (QED) is 0.835. The van der Waals surface area contributed by atoms with Crippen LogP contribution in [0.4, 0.5) is 18.9 Å². The molecule has 0 saturated carbocycles. The first-order chi connectivity index (χ1) is 10.7. The van der Waals surface area contributed by atoms with Crippen LogP contribution in [-0.4, -0.2) is 30.6 Å². The molecule has 23 heavy (non-hydrogen) atoms. The summed E-state index contributed by atoms with van der Waals surface area (Å²) in [5.41, 5.74) is -1.62. The van der Waals surface area contributed by atoms with Gasteiger partial charge in [0.1, 0.15) is 5.75 Å². The van der Waals surface area contributed by atoms with E-state index in [0.29, 0.717) is 0 Å². The summed E-state index contributed by atoms with van der Waals surface area (Å²) >= 11 is 0. The number of benzene rings is 1. The van der Waals surface area contributed by atoms with Gasteiger partial charge in [0.15, 0.2) is 0 Å².